The number of halogens is 2. The van der Waals surface area contributed by atoms with Gasteiger partial charge in [0.2, 0.25) is 0 Å². The molecule has 9 heteroatoms. The van der Waals surface area contributed by atoms with E-state index in [1.54, 1.807) is 0 Å². The summed E-state index contributed by atoms with van der Waals surface area (Å²) in [6.07, 6.45) is 0.883. The summed E-state index contributed by atoms with van der Waals surface area (Å²) < 4.78 is 44.4. The summed E-state index contributed by atoms with van der Waals surface area (Å²) in [6.45, 7) is 10.4. The van der Waals surface area contributed by atoms with Crippen LogP contribution in [0.15, 0.2) is 20.8 Å². The van der Waals surface area contributed by atoms with Crippen LogP contribution in [0.4, 0.5) is 8.78 Å². The molecule has 2 heterocycles. The Morgan fingerprint density at radius 2 is 1.86 bits per heavy atom. The number of carbonyl (C=O) groups excluding carboxylic acids is 1. The minimum absolute atomic E-state index is 0.0475. The fourth-order valence-corrected chi connectivity index (χ4v) is 5.11. The molecule has 29 heavy (non-hydrogen) atoms. The van der Waals surface area contributed by atoms with Crippen LogP contribution < -0.4 is 0 Å². The smallest absolute Gasteiger partial charge is 0.258 e. The van der Waals surface area contributed by atoms with E-state index in [4.69, 9.17) is 0 Å². The Labute approximate surface area is 175 Å². The van der Waals surface area contributed by atoms with E-state index in [-0.39, 0.29) is 27.3 Å². The first kappa shape index (κ1) is 23.6. The average Bonchev–Trinajstić information content (AvgIpc) is 2.96. The largest absolute Gasteiger partial charge is 0.385 e. The lowest BCUT2D eigenvalue weighted by atomic mass is 9.90. The second-order valence-electron chi connectivity index (χ2n) is 7.96. The molecule has 5 nitrogen and oxygen atoms in total. The van der Waals surface area contributed by atoms with E-state index >= 15 is 0 Å². The molecule has 0 aliphatic heterocycles. The van der Waals surface area contributed by atoms with E-state index in [0.717, 1.165) is 23.6 Å². The van der Waals surface area contributed by atoms with Gasteiger partial charge in [0, 0.05) is 10.6 Å². The third-order valence-electron chi connectivity index (χ3n) is 4.31. The highest BCUT2D eigenvalue weighted by atomic mass is 32.2. The summed E-state index contributed by atoms with van der Waals surface area (Å²) in [5.41, 5.74) is 0.112. The zero-order valence-corrected chi connectivity index (χ0v) is 19.0. The van der Waals surface area contributed by atoms with Crippen LogP contribution in [0.2, 0.25) is 0 Å². The molecule has 0 aromatic carbocycles. The molecule has 0 radical (unpaired) electrons. The lowest BCUT2D eigenvalue weighted by molar-refractivity contribution is -0.117. The van der Waals surface area contributed by atoms with Crippen LogP contribution in [0, 0.1) is 11.6 Å². The molecular weight excluding hydrogens is 418 g/mol. The van der Waals surface area contributed by atoms with Gasteiger partial charge in [-0.05, 0) is 42.9 Å². The van der Waals surface area contributed by atoms with E-state index in [1.165, 1.54) is 13.8 Å². The molecule has 160 valence electrons. The first-order valence-corrected chi connectivity index (χ1v) is 11.3. The number of aromatic nitrogens is 1. The first-order valence-electron chi connectivity index (χ1n) is 9.24. The molecule has 1 N–H and O–H groups in total. The number of amides is 1. The van der Waals surface area contributed by atoms with Gasteiger partial charge in [-0.2, -0.15) is 4.36 Å². The van der Waals surface area contributed by atoms with Gasteiger partial charge >= 0.3 is 0 Å². The standard InChI is InChI=1S/C20H26F2N2O3S2/c1-10(2)17-12(18(11(3)4)23-9-14(17)22)7-16(25)24-29(27)19-13(21)8-15(28-19)20(5,6)26/h8-11,26,29H,7H2,1-6H3. The van der Waals surface area contributed by atoms with E-state index in [2.05, 4.69) is 9.35 Å². The first-order chi connectivity index (χ1) is 13.3. The Balaban J connectivity index is 2.42. The Kier molecular flexibility index (Phi) is 7.29. The third-order valence-corrected chi connectivity index (χ3v) is 7.24. The van der Waals surface area contributed by atoms with Crippen LogP contribution in [0.5, 0.6) is 0 Å². The van der Waals surface area contributed by atoms with Gasteiger partial charge in [-0.3, -0.25) is 9.78 Å². The number of aliphatic hydroxyl groups is 1. The lowest BCUT2D eigenvalue weighted by Gasteiger charge is -2.18. The highest BCUT2D eigenvalue weighted by Crippen LogP contribution is 2.32. The van der Waals surface area contributed by atoms with Crippen LogP contribution in [-0.4, -0.2) is 20.2 Å². The summed E-state index contributed by atoms with van der Waals surface area (Å²) in [7, 11) is -2.67. The third kappa shape index (κ3) is 5.46. The number of thiophene rings is 1. The van der Waals surface area contributed by atoms with Gasteiger partial charge in [0.15, 0.2) is 5.82 Å². The quantitative estimate of drug-likeness (QED) is 0.634. The second kappa shape index (κ2) is 8.97. The summed E-state index contributed by atoms with van der Waals surface area (Å²) in [5.74, 6) is -2.25. The maximum absolute atomic E-state index is 14.4. The van der Waals surface area contributed by atoms with Crippen molar-refractivity contribution < 1.29 is 22.9 Å². The minimum Gasteiger partial charge on any atom is -0.385 e. The second-order valence-corrected chi connectivity index (χ2v) is 10.5. The Bertz CT molecular complexity index is 1000. The predicted octanol–water partition coefficient (Wildman–Crippen LogP) is 4.69. The molecule has 0 aliphatic rings. The number of thiol groups is 1. The van der Waals surface area contributed by atoms with E-state index < -0.39 is 33.7 Å². The highest BCUT2D eigenvalue weighted by Gasteiger charge is 2.24. The number of pyridine rings is 1. The molecule has 1 amide bonds. The van der Waals surface area contributed by atoms with Crippen molar-refractivity contribution in [3.8, 4) is 0 Å². The summed E-state index contributed by atoms with van der Waals surface area (Å²) in [5, 5.41) is 9.99. The van der Waals surface area contributed by atoms with Gasteiger partial charge in [-0.15, -0.1) is 11.3 Å². The average molecular weight is 445 g/mol. The molecule has 2 aromatic heterocycles. The number of carbonyl (C=O) groups is 1. The van der Waals surface area contributed by atoms with Gasteiger partial charge in [0.05, 0.1) is 28.8 Å². The molecule has 0 saturated carbocycles. The van der Waals surface area contributed by atoms with Crippen molar-refractivity contribution >= 4 is 27.8 Å². The van der Waals surface area contributed by atoms with Crippen molar-refractivity contribution in [3.05, 3.63) is 45.6 Å². The van der Waals surface area contributed by atoms with Gasteiger partial charge in [-0.1, -0.05) is 27.7 Å². The maximum Gasteiger partial charge on any atom is 0.258 e. The fourth-order valence-electron chi connectivity index (χ4n) is 2.99. The summed E-state index contributed by atoms with van der Waals surface area (Å²) in [6, 6.07) is 1.09. The van der Waals surface area contributed by atoms with Crippen molar-refractivity contribution in [2.24, 2.45) is 4.36 Å². The van der Waals surface area contributed by atoms with Crippen molar-refractivity contribution in [1.29, 1.82) is 0 Å². The van der Waals surface area contributed by atoms with Crippen LogP contribution in [0.3, 0.4) is 0 Å². The van der Waals surface area contributed by atoms with E-state index in [9.17, 15) is 22.9 Å². The molecule has 2 aromatic rings. The van der Waals surface area contributed by atoms with E-state index in [0.29, 0.717) is 16.8 Å². The van der Waals surface area contributed by atoms with Gasteiger partial charge in [0.1, 0.15) is 10.0 Å². The highest BCUT2D eigenvalue weighted by molar-refractivity contribution is 7.78. The maximum atomic E-state index is 14.4. The number of hydrogen-bond donors (Lipinski definition) is 2. The predicted molar refractivity (Wildman–Crippen MR) is 111 cm³/mol. The number of rotatable bonds is 6. The van der Waals surface area contributed by atoms with Crippen LogP contribution in [0.25, 0.3) is 0 Å². The molecule has 2 rings (SSSR count). The molecule has 0 saturated heterocycles. The molecule has 0 aliphatic carbocycles. The lowest BCUT2D eigenvalue weighted by Crippen LogP contribution is -2.13. The Morgan fingerprint density at radius 1 is 1.24 bits per heavy atom. The van der Waals surface area contributed by atoms with E-state index in [1.807, 2.05) is 27.7 Å². The van der Waals surface area contributed by atoms with Crippen LogP contribution >= 0.6 is 11.3 Å². The molecule has 0 fully saturated rings. The topological polar surface area (TPSA) is 79.6 Å². The van der Waals surface area contributed by atoms with Gasteiger partial charge in [0.25, 0.3) is 5.91 Å². The zero-order chi connectivity index (χ0) is 22.1. The summed E-state index contributed by atoms with van der Waals surface area (Å²) >= 11 is 0.814. The SMILES string of the molecule is CC(C)c1ncc(F)c(C(C)C)c1CC(=O)/N=[SH](=O)/c1sc(C(C)(C)O)cc1F. The van der Waals surface area contributed by atoms with Gasteiger partial charge < -0.3 is 5.11 Å². The van der Waals surface area contributed by atoms with Crippen LogP contribution in [0.1, 0.15) is 75.1 Å². The van der Waals surface area contributed by atoms with Gasteiger partial charge in [-0.25, -0.2) is 13.0 Å². The van der Waals surface area contributed by atoms with Crippen LogP contribution in [-0.2, 0) is 27.4 Å². The Hall–Kier alpha value is -1.71. The molecule has 0 spiro atoms. The van der Waals surface area contributed by atoms with Crippen molar-refractivity contribution in [2.45, 2.75) is 69.6 Å². The monoisotopic (exact) mass is 444 g/mol. The fraction of sp³-hybridized carbons (Fsp3) is 0.500. The normalized spacial score (nSPS) is 13.5. The minimum atomic E-state index is -2.67. The molecule has 1 unspecified atom stereocenters. The van der Waals surface area contributed by atoms with Crippen molar-refractivity contribution in [3.63, 3.8) is 0 Å². The number of hydrogen-bond acceptors (Lipinski definition) is 5. The summed E-state index contributed by atoms with van der Waals surface area (Å²) in [4.78, 5) is 16.9. The zero-order valence-electron chi connectivity index (χ0n) is 17.3. The number of nitrogens with zero attached hydrogens (tertiary/aromatic N) is 2. The van der Waals surface area contributed by atoms with Crippen molar-refractivity contribution in [1.82, 2.24) is 4.98 Å². The molecular formula is C20H26F2N2O3S2. The molecule has 1 atom stereocenters. The Morgan fingerprint density at radius 3 is 2.34 bits per heavy atom. The van der Waals surface area contributed by atoms with Crippen molar-refractivity contribution in [2.75, 3.05) is 0 Å². The molecule has 0 bridgehead atoms.